The summed E-state index contributed by atoms with van der Waals surface area (Å²) in [4.78, 5) is 19.3. The highest BCUT2D eigenvalue weighted by molar-refractivity contribution is 7.99. The van der Waals surface area contributed by atoms with Gasteiger partial charge in [-0.1, -0.05) is 43.7 Å². The normalized spacial score (nSPS) is 14.7. The number of thioether (sulfide) groups is 1. The number of nitrogens with zero attached hydrogens (tertiary/aromatic N) is 3. The van der Waals surface area contributed by atoms with Crippen LogP contribution in [0.1, 0.15) is 39.0 Å². The van der Waals surface area contributed by atoms with Crippen LogP contribution in [0.15, 0.2) is 29.4 Å². The first-order valence-electron chi connectivity index (χ1n) is 8.65. The molecule has 1 fully saturated rings. The van der Waals surface area contributed by atoms with Gasteiger partial charge in [0.2, 0.25) is 5.91 Å². The molecule has 1 saturated heterocycles. The summed E-state index contributed by atoms with van der Waals surface area (Å²) >= 11 is 1.78. The zero-order valence-electron chi connectivity index (χ0n) is 13.8. The first-order valence-corrected chi connectivity index (χ1v) is 9.64. The van der Waals surface area contributed by atoms with E-state index in [2.05, 4.69) is 17.6 Å². The zero-order valence-corrected chi connectivity index (χ0v) is 14.6. The lowest BCUT2D eigenvalue weighted by Crippen LogP contribution is -2.31. The van der Waals surface area contributed by atoms with Gasteiger partial charge in [0.15, 0.2) is 5.16 Å². The van der Waals surface area contributed by atoms with E-state index in [4.69, 9.17) is 4.98 Å². The van der Waals surface area contributed by atoms with Crippen LogP contribution in [-0.2, 0) is 11.3 Å². The lowest BCUT2D eigenvalue weighted by molar-refractivity contribution is -0.130. The summed E-state index contributed by atoms with van der Waals surface area (Å²) in [6.07, 6.45) is 5.94. The summed E-state index contributed by atoms with van der Waals surface area (Å²) in [5, 5.41) is 0.981. The van der Waals surface area contributed by atoms with Crippen LogP contribution < -0.4 is 0 Å². The van der Waals surface area contributed by atoms with Gasteiger partial charge in [-0.25, -0.2) is 4.98 Å². The molecule has 0 spiro atoms. The van der Waals surface area contributed by atoms with Gasteiger partial charge >= 0.3 is 0 Å². The molecule has 0 saturated carbocycles. The highest BCUT2D eigenvalue weighted by atomic mass is 32.2. The standard InChI is InChI=1S/C18H25N3OS/c1-2-3-8-13-23-18-19-15-9-4-5-10-16(15)21(18)14-17(22)20-11-6-7-12-20/h4-5,9-10H,2-3,6-8,11-14H2,1H3. The van der Waals surface area contributed by atoms with E-state index < -0.39 is 0 Å². The van der Waals surface area contributed by atoms with Gasteiger partial charge in [0.05, 0.1) is 11.0 Å². The van der Waals surface area contributed by atoms with Gasteiger partial charge in [0.1, 0.15) is 6.54 Å². The van der Waals surface area contributed by atoms with Crippen LogP contribution in [0.2, 0.25) is 0 Å². The van der Waals surface area contributed by atoms with Crippen LogP contribution in [0.4, 0.5) is 0 Å². The number of carbonyl (C=O) groups excluding carboxylic acids is 1. The zero-order chi connectivity index (χ0) is 16.1. The number of rotatable bonds is 7. The Bertz CT molecular complexity index is 661. The molecule has 1 aliphatic rings. The average Bonchev–Trinajstić information content (AvgIpc) is 3.20. The Morgan fingerprint density at radius 1 is 1.22 bits per heavy atom. The van der Waals surface area contributed by atoms with Gasteiger partial charge < -0.3 is 9.47 Å². The van der Waals surface area contributed by atoms with Gasteiger partial charge in [0, 0.05) is 18.8 Å². The minimum absolute atomic E-state index is 0.223. The lowest BCUT2D eigenvalue weighted by atomic mass is 10.3. The molecule has 1 aliphatic heterocycles. The molecule has 0 aliphatic carbocycles. The minimum atomic E-state index is 0.223. The Labute approximate surface area is 142 Å². The van der Waals surface area contributed by atoms with Gasteiger partial charge in [0.25, 0.3) is 0 Å². The van der Waals surface area contributed by atoms with Crippen molar-refractivity contribution in [3.05, 3.63) is 24.3 Å². The van der Waals surface area contributed by atoms with Crippen LogP contribution in [0.5, 0.6) is 0 Å². The van der Waals surface area contributed by atoms with Crippen LogP contribution in [0.25, 0.3) is 11.0 Å². The summed E-state index contributed by atoms with van der Waals surface area (Å²) in [5.74, 6) is 1.29. The van der Waals surface area contributed by atoms with Crippen molar-refractivity contribution < 1.29 is 4.79 Å². The Balaban J connectivity index is 1.78. The number of amides is 1. The third-order valence-corrected chi connectivity index (χ3v) is 5.41. The number of unbranched alkanes of at least 4 members (excludes halogenated alkanes) is 2. The van der Waals surface area contributed by atoms with Crippen molar-refractivity contribution in [2.24, 2.45) is 0 Å². The second-order valence-corrected chi connectivity index (χ2v) is 7.17. The predicted molar refractivity (Wildman–Crippen MR) is 95.8 cm³/mol. The number of benzene rings is 1. The summed E-state index contributed by atoms with van der Waals surface area (Å²) in [6, 6.07) is 8.12. The maximum Gasteiger partial charge on any atom is 0.242 e. The van der Waals surface area contributed by atoms with E-state index >= 15 is 0 Å². The third kappa shape index (κ3) is 3.89. The maximum absolute atomic E-state index is 12.6. The minimum Gasteiger partial charge on any atom is -0.341 e. The van der Waals surface area contributed by atoms with Crippen LogP contribution in [0.3, 0.4) is 0 Å². The molecular formula is C18H25N3OS. The average molecular weight is 331 g/mol. The maximum atomic E-state index is 12.6. The summed E-state index contributed by atoms with van der Waals surface area (Å²) in [7, 11) is 0. The molecule has 0 bridgehead atoms. The van der Waals surface area contributed by atoms with E-state index in [0.29, 0.717) is 6.54 Å². The summed E-state index contributed by atoms with van der Waals surface area (Å²) in [5.41, 5.74) is 2.05. The Morgan fingerprint density at radius 3 is 2.78 bits per heavy atom. The molecule has 1 aromatic carbocycles. The number of fused-ring (bicyclic) bond motifs is 1. The van der Waals surface area contributed by atoms with E-state index in [1.54, 1.807) is 11.8 Å². The van der Waals surface area contributed by atoms with Crippen molar-refractivity contribution in [2.45, 2.75) is 50.7 Å². The fraction of sp³-hybridized carbons (Fsp3) is 0.556. The van der Waals surface area contributed by atoms with Crippen LogP contribution >= 0.6 is 11.8 Å². The van der Waals surface area contributed by atoms with Crippen LogP contribution in [-0.4, -0.2) is 39.2 Å². The third-order valence-electron chi connectivity index (χ3n) is 4.35. The number of hydrogen-bond donors (Lipinski definition) is 0. The van der Waals surface area contributed by atoms with Crippen molar-refractivity contribution in [2.75, 3.05) is 18.8 Å². The molecule has 1 amide bonds. The Morgan fingerprint density at radius 2 is 2.00 bits per heavy atom. The molecule has 0 atom stereocenters. The second kappa shape index (κ2) is 7.86. The first kappa shape index (κ1) is 16.4. The first-order chi connectivity index (χ1) is 11.3. The molecular weight excluding hydrogens is 306 g/mol. The van der Waals surface area contributed by atoms with E-state index in [0.717, 1.165) is 47.9 Å². The second-order valence-electron chi connectivity index (χ2n) is 6.11. The number of para-hydroxylation sites is 2. The quantitative estimate of drug-likeness (QED) is 0.570. The van der Waals surface area contributed by atoms with Crippen molar-refractivity contribution in [1.82, 2.24) is 14.5 Å². The molecule has 124 valence electrons. The Hall–Kier alpha value is -1.49. The fourth-order valence-corrected chi connectivity index (χ4v) is 4.05. The van der Waals surface area contributed by atoms with Gasteiger partial charge in [-0.05, 0) is 31.4 Å². The molecule has 1 aromatic heterocycles. The summed E-state index contributed by atoms with van der Waals surface area (Å²) in [6.45, 7) is 4.44. The fourth-order valence-electron chi connectivity index (χ4n) is 3.03. The van der Waals surface area contributed by atoms with Crippen molar-refractivity contribution in [3.8, 4) is 0 Å². The van der Waals surface area contributed by atoms with E-state index in [1.807, 2.05) is 23.1 Å². The number of carbonyl (C=O) groups is 1. The molecule has 0 N–H and O–H groups in total. The Kier molecular flexibility index (Phi) is 5.60. The SMILES string of the molecule is CCCCCSc1nc2ccccc2n1CC(=O)N1CCCC1. The molecule has 2 aromatic rings. The van der Waals surface area contributed by atoms with E-state index in [1.165, 1.54) is 19.3 Å². The van der Waals surface area contributed by atoms with E-state index in [9.17, 15) is 4.79 Å². The highest BCUT2D eigenvalue weighted by Crippen LogP contribution is 2.25. The van der Waals surface area contributed by atoms with Gasteiger partial charge in [-0.2, -0.15) is 0 Å². The highest BCUT2D eigenvalue weighted by Gasteiger charge is 2.20. The van der Waals surface area contributed by atoms with E-state index in [-0.39, 0.29) is 5.91 Å². The topological polar surface area (TPSA) is 38.1 Å². The van der Waals surface area contributed by atoms with Gasteiger partial charge in [-0.15, -0.1) is 0 Å². The van der Waals surface area contributed by atoms with Gasteiger partial charge in [-0.3, -0.25) is 4.79 Å². The number of hydrogen-bond acceptors (Lipinski definition) is 3. The molecule has 2 heterocycles. The number of likely N-dealkylation sites (tertiary alicyclic amines) is 1. The molecule has 3 rings (SSSR count). The molecule has 5 heteroatoms. The smallest absolute Gasteiger partial charge is 0.242 e. The van der Waals surface area contributed by atoms with Crippen molar-refractivity contribution >= 4 is 28.7 Å². The molecule has 23 heavy (non-hydrogen) atoms. The monoisotopic (exact) mass is 331 g/mol. The predicted octanol–water partition coefficient (Wildman–Crippen LogP) is 3.94. The largest absolute Gasteiger partial charge is 0.341 e. The molecule has 0 unspecified atom stereocenters. The summed E-state index contributed by atoms with van der Waals surface area (Å²) < 4.78 is 2.10. The number of aromatic nitrogens is 2. The molecule has 4 nitrogen and oxygen atoms in total. The lowest BCUT2D eigenvalue weighted by Gasteiger charge is -2.17. The number of imidazole rings is 1. The van der Waals surface area contributed by atoms with Crippen molar-refractivity contribution in [1.29, 1.82) is 0 Å². The van der Waals surface area contributed by atoms with Crippen molar-refractivity contribution in [3.63, 3.8) is 0 Å². The molecule has 0 radical (unpaired) electrons. The van der Waals surface area contributed by atoms with Crippen LogP contribution in [0, 0.1) is 0 Å².